The van der Waals surface area contributed by atoms with E-state index in [1.165, 1.54) is 0 Å². The molecule has 4 rings (SSSR count). The number of hydrogen-bond acceptors (Lipinski definition) is 5. The van der Waals surface area contributed by atoms with Crippen LogP contribution in [0, 0.1) is 0 Å². The lowest BCUT2D eigenvalue weighted by molar-refractivity contribution is 0.273. The molecule has 0 fully saturated rings. The van der Waals surface area contributed by atoms with E-state index in [0.29, 0.717) is 24.2 Å². The third-order valence-electron chi connectivity index (χ3n) is 5.00. The molecule has 2 aromatic heterocycles. The molecular weight excluding hydrogens is 402 g/mol. The van der Waals surface area contributed by atoms with Gasteiger partial charge in [-0.15, -0.1) is 0 Å². The Morgan fingerprint density at radius 2 is 1.87 bits per heavy atom. The highest BCUT2D eigenvalue weighted by Gasteiger charge is 2.20. The molecule has 0 unspecified atom stereocenters. The van der Waals surface area contributed by atoms with Gasteiger partial charge >= 0.3 is 6.01 Å². The van der Waals surface area contributed by atoms with Crippen molar-refractivity contribution in [2.24, 2.45) is 0 Å². The number of nitrogens with zero attached hydrogens (tertiary/aromatic N) is 3. The molecule has 154 valence electrons. The van der Waals surface area contributed by atoms with Crippen molar-refractivity contribution in [3.63, 3.8) is 0 Å². The van der Waals surface area contributed by atoms with Crippen molar-refractivity contribution in [2.75, 3.05) is 13.7 Å². The van der Waals surface area contributed by atoms with E-state index in [-0.39, 0.29) is 6.61 Å². The normalized spacial score (nSPS) is 11.1. The molecule has 0 saturated carbocycles. The molecule has 7 heteroatoms. The molecule has 0 aliphatic heterocycles. The van der Waals surface area contributed by atoms with Crippen LogP contribution >= 0.6 is 11.6 Å². The summed E-state index contributed by atoms with van der Waals surface area (Å²) in [5.41, 5.74) is 4.34. The number of methoxy groups -OCH3 is 1. The first kappa shape index (κ1) is 20.2. The summed E-state index contributed by atoms with van der Waals surface area (Å²) in [6, 6.07) is 13.9. The van der Waals surface area contributed by atoms with Crippen LogP contribution in [0.5, 0.6) is 11.8 Å². The van der Waals surface area contributed by atoms with Gasteiger partial charge in [0.25, 0.3) is 0 Å². The Balaban J connectivity index is 1.93. The van der Waals surface area contributed by atoms with Gasteiger partial charge in [0.1, 0.15) is 5.75 Å². The van der Waals surface area contributed by atoms with E-state index in [1.54, 1.807) is 19.5 Å². The number of aliphatic hydroxyl groups excluding tert-OH is 1. The number of fused-ring (bicyclic) bond motifs is 1. The summed E-state index contributed by atoms with van der Waals surface area (Å²) in [6.45, 7) is 2.76. The van der Waals surface area contributed by atoms with Crippen LogP contribution in [0.15, 0.2) is 54.9 Å². The van der Waals surface area contributed by atoms with Gasteiger partial charge in [-0.25, -0.2) is 9.97 Å². The number of aromatic nitrogens is 3. The standard InChI is InChI=1S/C23H22ClN3O3/c1-3-30-23-25-11-16(12-26-23)22-18-10-17(29-2)8-9-20(18)27(21(22)14-28)13-15-6-4-5-7-19(15)24/h4-12,28H,3,13-14H2,1-2H3. The van der Waals surface area contributed by atoms with Crippen LogP contribution in [0.2, 0.25) is 5.02 Å². The summed E-state index contributed by atoms with van der Waals surface area (Å²) in [7, 11) is 1.63. The first-order chi connectivity index (χ1) is 14.7. The second kappa shape index (κ2) is 8.73. The molecule has 2 aromatic carbocycles. The summed E-state index contributed by atoms with van der Waals surface area (Å²) in [4.78, 5) is 8.60. The predicted octanol–water partition coefficient (Wildman–Crippen LogP) is 4.70. The van der Waals surface area contributed by atoms with Crippen LogP contribution in [0.25, 0.3) is 22.0 Å². The molecule has 30 heavy (non-hydrogen) atoms. The van der Waals surface area contributed by atoms with Crippen molar-refractivity contribution in [1.82, 2.24) is 14.5 Å². The zero-order valence-electron chi connectivity index (χ0n) is 16.8. The third kappa shape index (κ3) is 3.72. The maximum atomic E-state index is 10.3. The van der Waals surface area contributed by atoms with Crippen LogP contribution in [-0.4, -0.2) is 33.4 Å². The lowest BCUT2D eigenvalue weighted by Gasteiger charge is -2.12. The quantitative estimate of drug-likeness (QED) is 0.466. The van der Waals surface area contributed by atoms with Crippen molar-refractivity contribution in [3.8, 4) is 22.9 Å². The van der Waals surface area contributed by atoms with E-state index in [4.69, 9.17) is 21.1 Å². The van der Waals surface area contributed by atoms with Gasteiger partial charge in [-0.3, -0.25) is 0 Å². The maximum absolute atomic E-state index is 10.3. The van der Waals surface area contributed by atoms with E-state index in [0.717, 1.165) is 39.0 Å². The summed E-state index contributed by atoms with van der Waals surface area (Å²) in [5.74, 6) is 0.731. The zero-order valence-corrected chi connectivity index (χ0v) is 17.6. The van der Waals surface area contributed by atoms with Crippen molar-refractivity contribution in [2.45, 2.75) is 20.1 Å². The number of rotatable bonds is 7. The topological polar surface area (TPSA) is 69.4 Å². The van der Waals surface area contributed by atoms with Crippen LogP contribution < -0.4 is 9.47 Å². The van der Waals surface area contributed by atoms with Crippen molar-refractivity contribution < 1.29 is 14.6 Å². The van der Waals surface area contributed by atoms with Gasteiger partial charge in [-0.2, -0.15) is 0 Å². The molecule has 0 bridgehead atoms. The number of hydrogen-bond donors (Lipinski definition) is 1. The number of benzene rings is 2. The SMILES string of the molecule is CCOc1ncc(-c2c(CO)n(Cc3ccccc3Cl)c3ccc(OC)cc23)cn1. The molecule has 0 aliphatic rings. The summed E-state index contributed by atoms with van der Waals surface area (Å²) in [6.07, 6.45) is 3.43. The largest absolute Gasteiger partial charge is 0.497 e. The highest BCUT2D eigenvalue weighted by Crippen LogP contribution is 2.37. The Hall–Kier alpha value is -3.09. The van der Waals surface area contributed by atoms with Crippen molar-refractivity contribution in [1.29, 1.82) is 0 Å². The lowest BCUT2D eigenvalue weighted by Crippen LogP contribution is -2.05. The lowest BCUT2D eigenvalue weighted by atomic mass is 10.0. The average Bonchev–Trinajstić information content (AvgIpc) is 3.08. The highest BCUT2D eigenvalue weighted by atomic mass is 35.5. The van der Waals surface area contributed by atoms with E-state index in [2.05, 4.69) is 14.5 Å². The Labute approximate surface area is 179 Å². The van der Waals surface area contributed by atoms with E-state index in [9.17, 15) is 5.11 Å². The molecule has 0 spiro atoms. The number of aliphatic hydroxyl groups is 1. The summed E-state index contributed by atoms with van der Waals surface area (Å²) in [5, 5.41) is 11.9. The summed E-state index contributed by atoms with van der Waals surface area (Å²) >= 11 is 6.41. The van der Waals surface area contributed by atoms with Gasteiger partial charge in [0.2, 0.25) is 0 Å². The monoisotopic (exact) mass is 423 g/mol. The molecule has 1 N–H and O–H groups in total. The second-order valence-electron chi connectivity index (χ2n) is 6.73. The van der Waals surface area contributed by atoms with E-state index >= 15 is 0 Å². The smallest absolute Gasteiger partial charge is 0.316 e. The molecule has 0 atom stereocenters. The van der Waals surface area contributed by atoms with Crippen LogP contribution in [0.4, 0.5) is 0 Å². The Bertz CT molecular complexity index is 1170. The van der Waals surface area contributed by atoms with Gasteiger partial charge in [-0.1, -0.05) is 29.8 Å². The Morgan fingerprint density at radius 3 is 2.53 bits per heavy atom. The van der Waals surface area contributed by atoms with E-state index in [1.807, 2.05) is 49.4 Å². The number of halogens is 1. The molecule has 4 aromatic rings. The molecule has 2 heterocycles. The first-order valence-corrected chi connectivity index (χ1v) is 10.0. The number of ether oxygens (including phenoxy) is 2. The van der Waals surface area contributed by atoms with Crippen molar-refractivity contribution in [3.05, 3.63) is 71.1 Å². The fraction of sp³-hybridized carbons (Fsp3) is 0.217. The minimum Gasteiger partial charge on any atom is -0.497 e. The minimum absolute atomic E-state index is 0.149. The average molecular weight is 424 g/mol. The van der Waals surface area contributed by atoms with Gasteiger partial charge in [0.15, 0.2) is 0 Å². The molecule has 0 saturated heterocycles. The van der Waals surface area contributed by atoms with Gasteiger partial charge < -0.3 is 19.1 Å². The van der Waals surface area contributed by atoms with Gasteiger partial charge in [0.05, 0.1) is 26.0 Å². The second-order valence-corrected chi connectivity index (χ2v) is 7.13. The fourth-order valence-electron chi connectivity index (χ4n) is 3.63. The van der Waals surface area contributed by atoms with Gasteiger partial charge in [0, 0.05) is 46.0 Å². The molecule has 0 radical (unpaired) electrons. The first-order valence-electron chi connectivity index (χ1n) is 9.64. The van der Waals surface area contributed by atoms with Crippen molar-refractivity contribution >= 4 is 22.5 Å². The minimum atomic E-state index is -0.149. The zero-order chi connectivity index (χ0) is 21.1. The highest BCUT2D eigenvalue weighted by molar-refractivity contribution is 6.31. The predicted molar refractivity (Wildman–Crippen MR) is 117 cm³/mol. The Morgan fingerprint density at radius 1 is 1.10 bits per heavy atom. The molecule has 0 aliphatic carbocycles. The summed E-state index contributed by atoms with van der Waals surface area (Å²) < 4.78 is 12.9. The van der Waals surface area contributed by atoms with Gasteiger partial charge in [-0.05, 0) is 36.8 Å². The fourth-order valence-corrected chi connectivity index (χ4v) is 3.82. The van der Waals surface area contributed by atoms with Crippen LogP contribution in [0.1, 0.15) is 18.2 Å². The molecule has 6 nitrogen and oxygen atoms in total. The Kier molecular flexibility index (Phi) is 5.88. The van der Waals surface area contributed by atoms with Crippen LogP contribution in [-0.2, 0) is 13.2 Å². The molecule has 0 amide bonds. The third-order valence-corrected chi connectivity index (χ3v) is 5.37. The molecular formula is C23H22ClN3O3. The maximum Gasteiger partial charge on any atom is 0.316 e. The van der Waals surface area contributed by atoms with Crippen LogP contribution in [0.3, 0.4) is 0 Å². The van der Waals surface area contributed by atoms with E-state index < -0.39 is 0 Å².